The predicted molar refractivity (Wildman–Crippen MR) is 151 cm³/mol. The average Bonchev–Trinajstić information content (AvgIpc) is 2.98. The van der Waals surface area contributed by atoms with Crippen LogP contribution < -0.4 is 24.4 Å². The van der Waals surface area contributed by atoms with Gasteiger partial charge in [0.05, 0.1) is 24.5 Å². The van der Waals surface area contributed by atoms with Crippen LogP contribution in [-0.4, -0.2) is 37.8 Å². The number of halogens is 1. The van der Waals surface area contributed by atoms with Crippen molar-refractivity contribution in [3.05, 3.63) is 118 Å². The van der Waals surface area contributed by atoms with Crippen LogP contribution in [0.2, 0.25) is 0 Å². The molecule has 0 saturated heterocycles. The summed E-state index contributed by atoms with van der Waals surface area (Å²) in [6.07, 6.45) is 1.35. The van der Waals surface area contributed by atoms with E-state index in [0.29, 0.717) is 28.2 Å². The first-order valence-corrected chi connectivity index (χ1v) is 12.7. The van der Waals surface area contributed by atoms with E-state index in [4.69, 9.17) is 18.9 Å². The Morgan fingerprint density at radius 3 is 1.98 bits per heavy atom. The van der Waals surface area contributed by atoms with E-state index in [1.165, 1.54) is 25.5 Å². The van der Waals surface area contributed by atoms with Crippen molar-refractivity contribution in [3.8, 4) is 23.0 Å². The first kappa shape index (κ1) is 28.1. The molecule has 0 spiro atoms. The molecule has 0 radical (unpaired) electrons. The lowest BCUT2D eigenvalue weighted by atomic mass is 10.2. The normalized spacial score (nSPS) is 10.6. The van der Waals surface area contributed by atoms with E-state index < -0.39 is 17.8 Å². The van der Waals surface area contributed by atoms with Crippen molar-refractivity contribution < 1.29 is 33.3 Å². The maximum Gasteiger partial charge on any atom is 0.343 e. The molecule has 0 bridgehead atoms. The number of hydrogen-bond acceptors (Lipinski definition) is 8. The predicted octanol–water partition coefficient (Wildman–Crippen LogP) is 5.43. The lowest BCUT2D eigenvalue weighted by molar-refractivity contribution is -0.123. The minimum absolute atomic E-state index is 0.000854. The number of nitrogens with zero attached hydrogens (tertiary/aromatic N) is 1. The molecular weight excluding hydrogens is 580 g/mol. The summed E-state index contributed by atoms with van der Waals surface area (Å²) in [5.41, 5.74) is 3.48. The topological polar surface area (TPSA) is 113 Å². The quantitative estimate of drug-likeness (QED) is 0.111. The standard InChI is InChI=1S/C30H23BrN2O7/c1-37-26-17-23(31)13-15-24(26)38-19-28(34)33-32-18-20-12-14-25(39-29(35)21-8-4-2-5-9-21)27(16-20)40-30(36)22-10-6-3-7-11-22/h2-18H,19H2,1H3,(H,33,34). The van der Waals surface area contributed by atoms with Crippen molar-refractivity contribution in [2.75, 3.05) is 13.7 Å². The van der Waals surface area contributed by atoms with E-state index in [2.05, 4.69) is 26.5 Å². The van der Waals surface area contributed by atoms with Crippen LogP contribution in [0.15, 0.2) is 107 Å². The highest BCUT2D eigenvalue weighted by molar-refractivity contribution is 9.10. The third kappa shape index (κ3) is 7.78. The molecule has 9 nitrogen and oxygen atoms in total. The summed E-state index contributed by atoms with van der Waals surface area (Å²) in [5, 5.41) is 3.94. The van der Waals surface area contributed by atoms with Crippen molar-refractivity contribution >= 4 is 40.0 Å². The van der Waals surface area contributed by atoms with Crippen LogP contribution in [0, 0.1) is 0 Å². The maximum absolute atomic E-state index is 12.7. The third-order valence-corrected chi connectivity index (χ3v) is 5.77. The monoisotopic (exact) mass is 602 g/mol. The molecular formula is C30H23BrN2O7. The number of methoxy groups -OCH3 is 1. The van der Waals surface area contributed by atoms with Crippen LogP contribution in [0.3, 0.4) is 0 Å². The zero-order chi connectivity index (χ0) is 28.3. The summed E-state index contributed by atoms with van der Waals surface area (Å²) in [6, 6.07) is 26.5. The number of ether oxygens (including phenoxy) is 4. The van der Waals surface area contributed by atoms with Crippen LogP contribution in [0.5, 0.6) is 23.0 Å². The summed E-state index contributed by atoms with van der Waals surface area (Å²) in [6.45, 7) is -0.302. The molecule has 1 amide bonds. The van der Waals surface area contributed by atoms with Crippen molar-refractivity contribution in [3.63, 3.8) is 0 Å². The van der Waals surface area contributed by atoms with Gasteiger partial charge in [-0.3, -0.25) is 4.79 Å². The highest BCUT2D eigenvalue weighted by Gasteiger charge is 2.17. The van der Waals surface area contributed by atoms with Gasteiger partial charge in [-0.15, -0.1) is 0 Å². The van der Waals surface area contributed by atoms with E-state index in [9.17, 15) is 14.4 Å². The fourth-order valence-electron chi connectivity index (χ4n) is 3.35. The number of nitrogens with one attached hydrogen (secondary N) is 1. The minimum atomic E-state index is -0.638. The Morgan fingerprint density at radius 2 is 1.35 bits per heavy atom. The summed E-state index contributed by atoms with van der Waals surface area (Å²) < 4.78 is 22.6. The zero-order valence-corrected chi connectivity index (χ0v) is 22.8. The molecule has 0 heterocycles. The van der Waals surface area contributed by atoms with Crippen LogP contribution >= 0.6 is 15.9 Å². The fourth-order valence-corrected chi connectivity index (χ4v) is 3.69. The van der Waals surface area contributed by atoms with Crippen LogP contribution in [0.1, 0.15) is 26.3 Å². The Bertz CT molecular complexity index is 1530. The number of amides is 1. The SMILES string of the molecule is COc1cc(Br)ccc1OCC(=O)NN=Cc1ccc(OC(=O)c2ccccc2)c(OC(=O)c2ccccc2)c1. The van der Waals surface area contributed by atoms with E-state index in [0.717, 1.165) is 4.47 Å². The zero-order valence-electron chi connectivity index (χ0n) is 21.2. The van der Waals surface area contributed by atoms with Gasteiger partial charge in [0.25, 0.3) is 5.91 Å². The molecule has 4 rings (SSSR count). The fraction of sp³-hybridized carbons (Fsp3) is 0.0667. The summed E-state index contributed by atoms with van der Waals surface area (Å²) >= 11 is 3.34. The average molecular weight is 603 g/mol. The van der Waals surface area contributed by atoms with Crippen molar-refractivity contribution in [1.29, 1.82) is 0 Å². The van der Waals surface area contributed by atoms with Gasteiger partial charge < -0.3 is 18.9 Å². The summed E-state index contributed by atoms with van der Waals surface area (Å²) in [4.78, 5) is 37.6. The number of rotatable bonds is 10. The maximum atomic E-state index is 12.7. The summed E-state index contributed by atoms with van der Waals surface area (Å²) in [7, 11) is 1.50. The van der Waals surface area contributed by atoms with E-state index in [1.54, 1.807) is 84.9 Å². The van der Waals surface area contributed by atoms with Crippen LogP contribution in [0.25, 0.3) is 0 Å². The highest BCUT2D eigenvalue weighted by atomic mass is 79.9. The van der Waals surface area contributed by atoms with Crippen molar-refractivity contribution in [2.45, 2.75) is 0 Å². The molecule has 0 aliphatic heterocycles. The van der Waals surface area contributed by atoms with Gasteiger partial charge in [0, 0.05) is 4.47 Å². The molecule has 1 N–H and O–H groups in total. The first-order valence-electron chi connectivity index (χ1n) is 11.9. The second-order valence-electron chi connectivity index (χ2n) is 8.09. The molecule has 0 fully saturated rings. The third-order valence-electron chi connectivity index (χ3n) is 5.28. The molecule has 4 aromatic rings. The Kier molecular flexibility index (Phi) is 9.62. The van der Waals surface area contributed by atoms with E-state index in [-0.39, 0.29) is 18.1 Å². The second kappa shape index (κ2) is 13.7. The van der Waals surface area contributed by atoms with Gasteiger partial charge in [-0.05, 0) is 66.2 Å². The lowest BCUT2D eigenvalue weighted by Gasteiger charge is -2.12. The molecule has 0 saturated carbocycles. The second-order valence-corrected chi connectivity index (χ2v) is 9.01. The molecule has 0 aliphatic rings. The Balaban J connectivity index is 1.45. The molecule has 4 aromatic carbocycles. The molecule has 10 heteroatoms. The number of benzene rings is 4. The molecule has 0 aliphatic carbocycles. The minimum Gasteiger partial charge on any atom is -0.493 e. The molecule has 202 valence electrons. The number of carbonyl (C=O) groups is 3. The van der Waals surface area contributed by atoms with Gasteiger partial charge in [-0.2, -0.15) is 5.10 Å². The molecule has 40 heavy (non-hydrogen) atoms. The largest absolute Gasteiger partial charge is 0.493 e. The van der Waals surface area contributed by atoms with E-state index >= 15 is 0 Å². The van der Waals surface area contributed by atoms with Gasteiger partial charge >= 0.3 is 11.9 Å². The van der Waals surface area contributed by atoms with E-state index in [1.807, 2.05) is 0 Å². The van der Waals surface area contributed by atoms with Gasteiger partial charge in [-0.1, -0.05) is 52.3 Å². The number of hydrazone groups is 1. The number of esters is 2. The van der Waals surface area contributed by atoms with Gasteiger partial charge in [-0.25, -0.2) is 15.0 Å². The number of hydrogen-bond donors (Lipinski definition) is 1. The Hall–Kier alpha value is -4.96. The van der Waals surface area contributed by atoms with Gasteiger partial charge in [0.15, 0.2) is 29.6 Å². The number of carbonyl (C=O) groups excluding carboxylic acids is 3. The van der Waals surface area contributed by atoms with Crippen LogP contribution in [0.4, 0.5) is 0 Å². The van der Waals surface area contributed by atoms with Crippen molar-refractivity contribution in [1.82, 2.24) is 5.43 Å². The Morgan fingerprint density at radius 1 is 0.750 bits per heavy atom. The Labute approximate surface area is 238 Å². The van der Waals surface area contributed by atoms with Gasteiger partial charge in [0.1, 0.15) is 0 Å². The summed E-state index contributed by atoms with van der Waals surface area (Å²) in [5.74, 6) is -0.860. The molecule has 0 atom stereocenters. The lowest BCUT2D eigenvalue weighted by Crippen LogP contribution is -2.24. The molecule has 0 unspecified atom stereocenters. The smallest absolute Gasteiger partial charge is 0.343 e. The van der Waals surface area contributed by atoms with Crippen LogP contribution in [-0.2, 0) is 4.79 Å². The molecule has 0 aromatic heterocycles. The van der Waals surface area contributed by atoms with Crippen molar-refractivity contribution in [2.24, 2.45) is 5.10 Å². The van der Waals surface area contributed by atoms with Gasteiger partial charge in [0.2, 0.25) is 0 Å². The highest BCUT2D eigenvalue weighted by Crippen LogP contribution is 2.31. The first-order chi connectivity index (χ1) is 19.4.